The number of rotatable bonds is 8. The van der Waals surface area contributed by atoms with Crippen LogP contribution < -0.4 is 0 Å². The minimum atomic E-state index is -0.553. The van der Waals surface area contributed by atoms with Gasteiger partial charge < -0.3 is 14.4 Å². The van der Waals surface area contributed by atoms with E-state index in [0.717, 1.165) is 12.2 Å². The molecule has 6 heteroatoms. The van der Waals surface area contributed by atoms with Crippen molar-refractivity contribution in [3.63, 3.8) is 0 Å². The van der Waals surface area contributed by atoms with Crippen molar-refractivity contribution in [3.05, 3.63) is 60.7 Å². The van der Waals surface area contributed by atoms with E-state index in [-0.39, 0.29) is 11.7 Å². The summed E-state index contributed by atoms with van der Waals surface area (Å²) in [6.45, 7) is 3.84. The molecule has 0 aliphatic heterocycles. The van der Waals surface area contributed by atoms with E-state index in [2.05, 4.69) is 35.3 Å². The van der Waals surface area contributed by atoms with Gasteiger partial charge in [-0.2, -0.15) is 0 Å². The van der Waals surface area contributed by atoms with Gasteiger partial charge in [-0.15, -0.1) is 11.8 Å². The van der Waals surface area contributed by atoms with Crippen LogP contribution in [0.25, 0.3) is 10.8 Å². The molecular weight excluding hydrogens is 360 g/mol. The molecule has 0 aliphatic carbocycles. The van der Waals surface area contributed by atoms with Gasteiger partial charge in [0.05, 0.1) is 25.1 Å². The third kappa shape index (κ3) is 4.70. The zero-order valence-electron chi connectivity index (χ0n) is 15.5. The predicted octanol–water partition coefficient (Wildman–Crippen LogP) is 4.32. The highest BCUT2D eigenvalue weighted by molar-refractivity contribution is 7.99. The lowest BCUT2D eigenvalue weighted by atomic mass is 10.1. The number of hydrogen-bond donors (Lipinski definition) is 1. The summed E-state index contributed by atoms with van der Waals surface area (Å²) in [5.74, 6) is 0.405. The van der Waals surface area contributed by atoms with Crippen LogP contribution >= 0.6 is 11.8 Å². The summed E-state index contributed by atoms with van der Waals surface area (Å²) in [7, 11) is 0. The van der Waals surface area contributed by atoms with E-state index in [1.165, 1.54) is 15.7 Å². The van der Waals surface area contributed by atoms with Crippen LogP contribution in [0, 0.1) is 0 Å². The maximum Gasteiger partial charge on any atom is 0.358 e. The van der Waals surface area contributed by atoms with Crippen LogP contribution in [0.2, 0.25) is 0 Å². The number of nitrogens with zero attached hydrogens (tertiary/aromatic N) is 2. The summed E-state index contributed by atoms with van der Waals surface area (Å²) in [6.07, 6.45) is 3.44. The zero-order valence-corrected chi connectivity index (χ0v) is 16.4. The van der Waals surface area contributed by atoms with Crippen LogP contribution in [0.5, 0.6) is 0 Å². The molecule has 0 aliphatic rings. The number of carbonyl (C=O) groups excluding carboxylic acids is 1. The lowest BCUT2D eigenvalue weighted by molar-refractivity contribution is 0.0519. The molecule has 3 aromatic rings. The first-order valence-corrected chi connectivity index (χ1v) is 10.1. The SMILES string of the molecule is CCOC(=O)c1cn([C@H](CCSc2cccc3ccccc23)[C@H](C)O)cn1. The average molecular weight is 385 g/mol. The molecule has 27 heavy (non-hydrogen) atoms. The Morgan fingerprint density at radius 3 is 2.81 bits per heavy atom. The lowest BCUT2D eigenvalue weighted by Crippen LogP contribution is -2.21. The van der Waals surface area contributed by atoms with Gasteiger partial charge in [0.25, 0.3) is 0 Å². The van der Waals surface area contributed by atoms with E-state index >= 15 is 0 Å². The van der Waals surface area contributed by atoms with Crippen molar-refractivity contribution in [3.8, 4) is 0 Å². The number of aliphatic hydroxyl groups excluding tert-OH is 1. The summed E-state index contributed by atoms with van der Waals surface area (Å²) < 4.78 is 6.79. The van der Waals surface area contributed by atoms with Crippen molar-refractivity contribution >= 4 is 28.5 Å². The Morgan fingerprint density at radius 2 is 2.04 bits per heavy atom. The maximum absolute atomic E-state index is 11.8. The molecule has 0 fully saturated rings. The lowest BCUT2D eigenvalue weighted by Gasteiger charge is -2.21. The Labute approximate surface area is 163 Å². The van der Waals surface area contributed by atoms with Gasteiger partial charge in [-0.25, -0.2) is 9.78 Å². The van der Waals surface area contributed by atoms with Crippen molar-refractivity contribution in [2.75, 3.05) is 12.4 Å². The van der Waals surface area contributed by atoms with Gasteiger partial charge in [0.15, 0.2) is 5.69 Å². The molecular formula is C21H24N2O3S. The minimum absolute atomic E-state index is 0.150. The molecule has 0 bridgehead atoms. The van der Waals surface area contributed by atoms with Gasteiger partial charge in [-0.3, -0.25) is 0 Å². The van der Waals surface area contributed by atoms with Crippen molar-refractivity contribution < 1.29 is 14.6 Å². The van der Waals surface area contributed by atoms with Crippen molar-refractivity contribution in [2.45, 2.75) is 37.3 Å². The summed E-state index contributed by atoms with van der Waals surface area (Å²) in [6, 6.07) is 14.5. The average Bonchev–Trinajstić information content (AvgIpc) is 3.15. The standard InChI is InChI=1S/C21H24N2O3S/c1-3-26-21(25)18-13-23(14-22-18)19(15(2)24)11-12-27-20-10-6-8-16-7-4-5-9-17(16)20/h4-10,13-15,19,24H,3,11-12H2,1-2H3/t15-,19+/m0/s1. The second-order valence-corrected chi connectivity index (χ2v) is 7.49. The van der Waals surface area contributed by atoms with Gasteiger partial charge in [-0.05, 0) is 37.1 Å². The third-order valence-electron chi connectivity index (χ3n) is 4.45. The van der Waals surface area contributed by atoms with Crippen LogP contribution in [-0.4, -0.2) is 39.1 Å². The molecule has 0 amide bonds. The number of fused-ring (bicyclic) bond motifs is 1. The molecule has 0 spiro atoms. The molecule has 5 nitrogen and oxygen atoms in total. The summed E-state index contributed by atoms with van der Waals surface area (Å²) in [5, 5.41) is 12.7. The normalized spacial score (nSPS) is 13.4. The first-order chi connectivity index (χ1) is 13.1. The third-order valence-corrected chi connectivity index (χ3v) is 5.55. The van der Waals surface area contributed by atoms with E-state index in [1.54, 1.807) is 42.7 Å². The first kappa shape index (κ1) is 19.5. The fraction of sp³-hybridized carbons (Fsp3) is 0.333. The monoisotopic (exact) mass is 384 g/mol. The largest absolute Gasteiger partial charge is 0.461 e. The number of esters is 1. The topological polar surface area (TPSA) is 64.3 Å². The van der Waals surface area contributed by atoms with E-state index in [9.17, 15) is 9.90 Å². The molecule has 1 heterocycles. The molecule has 142 valence electrons. The molecule has 0 radical (unpaired) electrons. The minimum Gasteiger partial charge on any atom is -0.461 e. The Morgan fingerprint density at radius 1 is 1.26 bits per heavy atom. The molecule has 1 N–H and O–H groups in total. The van der Waals surface area contributed by atoms with Gasteiger partial charge in [0.2, 0.25) is 0 Å². The van der Waals surface area contributed by atoms with E-state index < -0.39 is 12.1 Å². The second-order valence-electron chi connectivity index (χ2n) is 6.35. The van der Waals surface area contributed by atoms with Crippen LogP contribution in [0.3, 0.4) is 0 Å². The predicted molar refractivity (Wildman–Crippen MR) is 108 cm³/mol. The smallest absolute Gasteiger partial charge is 0.358 e. The molecule has 0 saturated carbocycles. The van der Waals surface area contributed by atoms with Gasteiger partial charge in [0.1, 0.15) is 0 Å². The number of aliphatic hydroxyl groups is 1. The zero-order chi connectivity index (χ0) is 19.2. The van der Waals surface area contributed by atoms with E-state index in [4.69, 9.17) is 4.74 Å². The van der Waals surface area contributed by atoms with Crippen molar-refractivity contribution in [2.24, 2.45) is 0 Å². The summed E-state index contributed by atoms with van der Waals surface area (Å²) >= 11 is 1.78. The molecule has 0 saturated heterocycles. The summed E-state index contributed by atoms with van der Waals surface area (Å²) in [4.78, 5) is 17.2. The molecule has 0 unspecified atom stereocenters. The highest BCUT2D eigenvalue weighted by atomic mass is 32.2. The molecule has 3 rings (SSSR count). The molecule has 2 aromatic carbocycles. The van der Waals surface area contributed by atoms with Crippen molar-refractivity contribution in [1.29, 1.82) is 0 Å². The van der Waals surface area contributed by atoms with Crippen molar-refractivity contribution in [1.82, 2.24) is 9.55 Å². The number of ether oxygens (including phenoxy) is 1. The number of carbonyl (C=O) groups is 1. The fourth-order valence-corrected chi connectivity index (χ4v) is 4.17. The Bertz CT molecular complexity index is 902. The van der Waals surface area contributed by atoms with Gasteiger partial charge in [-0.1, -0.05) is 36.4 Å². The van der Waals surface area contributed by atoms with Gasteiger partial charge >= 0.3 is 5.97 Å². The maximum atomic E-state index is 11.8. The number of benzene rings is 2. The number of imidazole rings is 1. The van der Waals surface area contributed by atoms with Gasteiger partial charge in [0, 0.05) is 16.8 Å². The van der Waals surface area contributed by atoms with Crippen LogP contribution in [0.4, 0.5) is 0 Å². The van der Waals surface area contributed by atoms with E-state index in [0.29, 0.717) is 6.61 Å². The van der Waals surface area contributed by atoms with Crippen LogP contribution in [-0.2, 0) is 4.74 Å². The number of aromatic nitrogens is 2. The Kier molecular flexibility index (Phi) is 6.53. The Hall–Kier alpha value is -2.31. The summed E-state index contributed by atoms with van der Waals surface area (Å²) in [5.41, 5.74) is 0.268. The first-order valence-electron chi connectivity index (χ1n) is 9.09. The Balaban J connectivity index is 1.68. The highest BCUT2D eigenvalue weighted by Gasteiger charge is 2.20. The number of thioether (sulfide) groups is 1. The quantitative estimate of drug-likeness (QED) is 0.463. The van der Waals surface area contributed by atoms with Crippen LogP contribution in [0.1, 0.15) is 36.8 Å². The molecule has 1 aromatic heterocycles. The second kappa shape index (κ2) is 9.06. The van der Waals surface area contributed by atoms with E-state index in [1.807, 2.05) is 12.1 Å². The highest BCUT2D eigenvalue weighted by Crippen LogP contribution is 2.30. The fourth-order valence-electron chi connectivity index (χ4n) is 3.08. The number of hydrogen-bond acceptors (Lipinski definition) is 5. The molecule has 2 atom stereocenters. The van der Waals surface area contributed by atoms with Crippen LogP contribution in [0.15, 0.2) is 59.9 Å².